The number of aryl methyl sites for hydroxylation is 1. The number of hydrogen-bond acceptors (Lipinski definition) is 2. The minimum atomic E-state index is -4.52. The highest BCUT2D eigenvalue weighted by atomic mass is 19.4. The van der Waals surface area contributed by atoms with Crippen LogP contribution in [-0.2, 0) is 6.18 Å². The zero-order valence-corrected chi connectivity index (χ0v) is 11.6. The van der Waals surface area contributed by atoms with Gasteiger partial charge in [0.25, 0.3) is 0 Å². The molecule has 0 aliphatic rings. The van der Waals surface area contributed by atoms with Crippen molar-refractivity contribution < 1.29 is 23.1 Å². The summed E-state index contributed by atoms with van der Waals surface area (Å²) in [5.74, 6) is -0.0188. The molecule has 0 aliphatic carbocycles. The van der Waals surface area contributed by atoms with E-state index in [-0.39, 0.29) is 11.4 Å². The van der Waals surface area contributed by atoms with Gasteiger partial charge in [0, 0.05) is 0 Å². The molecule has 0 atom stereocenters. The summed E-state index contributed by atoms with van der Waals surface area (Å²) in [5.41, 5.74) is 5.22. The molecule has 0 unspecified atom stereocenters. The molecule has 22 heavy (non-hydrogen) atoms. The Kier molecular flexibility index (Phi) is 3.99. The summed E-state index contributed by atoms with van der Waals surface area (Å²) in [6, 6.07) is 7.51. The first-order chi connectivity index (χ1) is 10.2. The Morgan fingerprint density at radius 3 is 2.41 bits per heavy atom. The van der Waals surface area contributed by atoms with E-state index in [9.17, 15) is 23.1 Å². The molecule has 2 rings (SSSR count). The number of phenolic OH excluding ortho intramolecular Hbond substituents is 1. The van der Waals surface area contributed by atoms with Gasteiger partial charge in [-0.1, -0.05) is 6.07 Å². The Labute approximate surface area is 124 Å². The number of aromatic hydroxyl groups is 1. The fourth-order valence-corrected chi connectivity index (χ4v) is 2.10. The van der Waals surface area contributed by atoms with Crippen LogP contribution in [0.25, 0.3) is 0 Å². The van der Waals surface area contributed by atoms with Crippen LogP contribution in [0.5, 0.6) is 5.75 Å². The number of alkyl halides is 3. The molecule has 0 saturated carbocycles. The molecule has 0 heterocycles. The zero-order valence-electron chi connectivity index (χ0n) is 11.6. The molecule has 0 saturated heterocycles. The Balaban J connectivity index is 2.56. The third-order valence-electron chi connectivity index (χ3n) is 3.07. The molecule has 2 aromatic rings. The predicted molar refractivity (Wildman–Crippen MR) is 76.0 cm³/mol. The van der Waals surface area contributed by atoms with Gasteiger partial charge < -0.3 is 10.8 Å². The van der Waals surface area contributed by atoms with E-state index in [1.54, 1.807) is 6.92 Å². The van der Waals surface area contributed by atoms with Crippen LogP contribution in [0, 0.1) is 6.92 Å². The maximum absolute atomic E-state index is 12.8. The average Bonchev–Trinajstić information content (AvgIpc) is 2.41. The number of carbonyl (C=O) groups is 1. The molecule has 7 heteroatoms. The Morgan fingerprint density at radius 2 is 1.86 bits per heavy atom. The van der Waals surface area contributed by atoms with Crippen LogP contribution in [-0.4, -0.2) is 11.1 Å². The average molecular weight is 310 g/mol. The van der Waals surface area contributed by atoms with E-state index in [0.29, 0.717) is 11.3 Å². The Morgan fingerprint density at radius 1 is 1.18 bits per heavy atom. The topological polar surface area (TPSA) is 66.6 Å². The molecular formula is C15H13F3N2O2. The van der Waals surface area contributed by atoms with E-state index in [0.717, 1.165) is 17.0 Å². The van der Waals surface area contributed by atoms with Gasteiger partial charge in [-0.3, -0.25) is 4.90 Å². The number of carbonyl (C=O) groups excluding carboxylic acids is 1. The van der Waals surface area contributed by atoms with Gasteiger partial charge in [0.1, 0.15) is 5.75 Å². The Bertz CT molecular complexity index is 714. The lowest BCUT2D eigenvalue weighted by atomic mass is 10.1. The second-order valence-electron chi connectivity index (χ2n) is 4.69. The van der Waals surface area contributed by atoms with Gasteiger partial charge in [-0.05, 0) is 48.9 Å². The highest BCUT2D eigenvalue weighted by Crippen LogP contribution is 2.35. The van der Waals surface area contributed by atoms with Crippen molar-refractivity contribution in [2.24, 2.45) is 5.73 Å². The normalized spacial score (nSPS) is 11.3. The van der Waals surface area contributed by atoms with Gasteiger partial charge >= 0.3 is 12.2 Å². The summed E-state index contributed by atoms with van der Waals surface area (Å²) in [7, 11) is 0. The second kappa shape index (κ2) is 5.59. The number of anilines is 2. The number of nitrogens with two attached hydrogens (primary N) is 1. The van der Waals surface area contributed by atoms with Crippen molar-refractivity contribution in [2.75, 3.05) is 4.90 Å². The van der Waals surface area contributed by atoms with E-state index in [2.05, 4.69) is 0 Å². The zero-order chi connectivity index (χ0) is 16.5. The summed E-state index contributed by atoms with van der Waals surface area (Å²) in [6.45, 7) is 1.61. The maximum atomic E-state index is 12.8. The molecule has 0 aromatic heterocycles. The van der Waals surface area contributed by atoms with E-state index >= 15 is 0 Å². The van der Waals surface area contributed by atoms with Crippen LogP contribution < -0.4 is 10.6 Å². The smallest absolute Gasteiger partial charge is 0.416 e. The number of urea groups is 1. The molecule has 0 radical (unpaired) electrons. The molecule has 3 N–H and O–H groups in total. The SMILES string of the molecule is Cc1cc(O)ccc1N(C(N)=O)c1cccc(C(F)(F)F)c1. The van der Waals surface area contributed by atoms with Crippen molar-refractivity contribution in [3.8, 4) is 5.75 Å². The second-order valence-corrected chi connectivity index (χ2v) is 4.69. The van der Waals surface area contributed by atoms with Gasteiger partial charge in [-0.15, -0.1) is 0 Å². The monoisotopic (exact) mass is 310 g/mol. The van der Waals surface area contributed by atoms with Crippen molar-refractivity contribution in [1.82, 2.24) is 0 Å². The highest BCUT2D eigenvalue weighted by molar-refractivity contribution is 5.99. The lowest BCUT2D eigenvalue weighted by Crippen LogP contribution is -2.32. The number of amides is 2. The maximum Gasteiger partial charge on any atom is 0.416 e. The fraction of sp³-hybridized carbons (Fsp3) is 0.133. The lowest BCUT2D eigenvalue weighted by molar-refractivity contribution is -0.137. The minimum absolute atomic E-state index is 0.00360. The van der Waals surface area contributed by atoms with Crippen LogP contribution in [0.15, 0.2) is 42.5 Å². The molecule has 2 amide bonds. The van der Waals surface area contributed by atoms with E-state index in [1.807, 2.05) is 0 Å². The van der Waals surface area contributed by atoms with Crippen molar-refractivity contribution >= 4 is 17.4 Å². The predicted octanol–water partition coefficient (Wildman–Crippen LogP) is 3.94. The quantitative estimate of drug-likeness (QED) is 0.882. The number of halogens is 3. The number of nitrogens with zero attached hydrogens (tertiary/aromatic N) is 1. The first-order valence-electron chi connectivity index (χ1n) is 6.26. The van der Waals surface area contributed by atoms with Crippen molar-refractivity contribution in [3.63, 3.8) is 0 Å². The third kappa shape index (κ3) is 3.13. The molecule has 0 spiro atoms. The summed E-state index contributed by atoms with van der Waals surface area (Å²) in [4.78, 5) is 12.7. The summed E-state index contributed by atoms with van der Waals surface area (Å²) < 4.78 is 38.4. The largest absolute Gasteiger partial charge is 0.508 e. The van der Waals surface area contributed by atoms with Crippen LogP contribution >= 0.6 is 0 Å². The first kappa shape index (κ1) is 15.7. The lowest BCUT2D eigenvalue weighted by Gasteiger charge is -2.23. The van der Waals surface area contributed by atoms with Crippen molar-refractivity contribution in [2.45, 2.75) is 13.1 Å². The molecule has 116 valence electrons. The van der Waals surface area contributed by atoms with E-state index in [4.69, 9.17) is 5.73 Å². The van der Waals surface area contributed by atoms with Crippen molar-refractivity contribution in [1.29, 1.82) is 0 Å². The molecule has 2 aromatic carbocycles. The van der Waals surface area contributed by atoms with Crippen LogP contribution in [0.2, 0.25) is 0 Å². The van der Waals surface area contributed by atoms with E-state index in [1.165, 1.54) is 30.3 Å². The number of rotatable bonds is 2. The molecule has 0 fully saturated rings. The number of phenols is 1. The van der Waals surface area contributed by atoms with Crippen molar-refractivity contribution in [3.05, 3.63) is 53.6 Å². The number of benzene rings is 2. The van der Waals surface area contributed by atoms with Gasteiger partial charge in [-0.2, -0.15) is 13.2 Å². The van der Waals surface area contributed by atoms with Crippen LogP contribution in [0.1, 0.15) is 11.1 Å². The third-order valence-corrected chi connectivity index (χ3v) is 3.07. The molecular weight excluding hydrogens is 297 g/mol. The molecule has 0 aliphatic heterocycles. The molecule has 0 bridgehead atoms. The van der Waals surface area contributed by atoms with E-state index < -0.39 is 17.8 Å². The van der Waals surface area contributed by atoms with Crippen LogP contribution in [0.4, 0.5) is 29.3 Å². The van der Waals surface area contributed by atoms with Gasteiger partial charge in [-0.25, -0.2) is 4.79 Å². The number of hydrogen-bond donors (Lipinski definition) is 2. The van der Waals surface area contributed by atoms with Crippen LogP contribution in [0.3, 0.4) is 0 Å². The van der Waals surface area contributed by atoms with Gasteiger partial charge in [0.15, 0.2) is 0 Å². The Hall–Kier alpha value is -2.70. The first-order valence-corrected chi connectivity index (χ1v) is 6.26. The van der Waals surface area contributed by atoms with Gasteiger partial charge in [0.05, 0.1) is 16.9 Å². The summed E-state index contributed by atoms with van der Waals surface area (Å²) in [6.07, 6.45) is -4.52. The van der Waals surface area contributed by atoms with Gasteiger partial charge in [0.2, 0.25) is 0 Å². The summed E-state index contributed by atoms with van der Waals surface area (Å²) >= 11 is 0. The standard InChI is InChI=1S/C15H13F3N2O2/c1-9-7-12(21)5-6-13(9)20(14(19)22)11-4-2-3-10(8-11)15(16,17)18/h2-8,21H,1H3,(H2,19,22). The number of primary amides is 1. The summed E-state index contributed by atoms with van der Waals surface area (Å²) in [5, 5.41) is 9.40. The molecule has 4 nitrogen and oxygen atoms in total. The minimum Gasteiger partial charge on any atom is -0.508 e. The fourth-order valence-electron chi connectivity index (χ4n) is 2.10. The highest BCUT2D eigenvalue weighted by Gasteiger charge is 2.31.